The molecule has 1 amide bonds. The van der Waals surface area contributed by atoms with Crippen LogP contribution in [0.1, 0.15) is 10.4 Å². The fraction of sp³-hybridized carbons (Fsp3) is 0.0345. The molecule has 0 atom stereocenters. The Morgan fingerprint density at radius 1 is 0.974 bits per heavy atom. The second kappa shape index (κ2) is 9.70. The number of aromatic nitrogens is 4. The summed E-state index contributed by atoms with van der Waals surface area (Å²) in [6, 6.07) is 17.8. The number of amides is 1. The Bertz CT molecular complexity index is 1950. The van der Waals surface area contributed by atoms with Gasteiger partial charge in [0, 0.05) is 43.2 Å². The number of nitrogens with zero attached hydrogens (tertiary/aromatic N) is 4. The van der Waals surface area contributed by atoms with Gasteiger partial charge in [0.15, 0.2) is 0 Å². The summed E-state index contributed by atoms with van der Waals surface area (Å²) in [6.07, 6.45) is 6.49. The molecule has 39 heavy (non-hydrogen) atoms. The largest absolute Gasteiger partial charge is 0.457 e. The van der Waals surface area contributed by atoms with E-state index in [1.165, 1.54) is 35.2 Å². The van der Waals surface area contributed by atoms with Gasteiger partial charge in [-0.3, -0.25) is 9.59 Å². The number of rotatable bonds is 5. The summed E-state index contributed by atoms with van der Waals surface area (Å²) < 4.78 is 23.3. The first-order chi connectivity index (χ1) is 18.9. The topological polar surface area (TPSA) is 91.0 Å². The normalized spacial score (nSPS) is 11.2. The van der Waals surface area contributed by atoms with Crippen LogP contribution >= 0.6 is 11.6 Å². The SMILES string of the molecule is Cn1ccc2c(Oc3ccc(NC(=O)c4cn(-c5ccc(F)c(Cl)c5)c5ncccc5c4=O)cc3)ccnc21. The molecule has 0 bridgehead atoms. The molecule has 0 fully saturated rings. The highest BCUT2D eigenvalue weighted by Crippen LogP contribution is 2.30. The number of benzene rings is 2. The van der Waals surface area contributed by atoms with Crippen molar-refractivity contribution in [3.8, 4) is 17.2 Å². The standard InChI is InChI=1S/C29H19ClFN5O3/c1-35-14-11-20-25(10-13-33-27(20)35)39-19-7-4-17(5-8-19)34-29(38)22-16-36(18-6-9-24(31)23(30)15-18)28-21(26(22)37)3-2-12-32-28/h2-16H,1H3,(H,34,38). The van der Waals surface area contributed by atoms with Crippen LogP contribution in [0, 0.1) is 5.82 Å². The molecule has 0 unspecified atom stereocenters. The maximum atomic E-state index is 13.8. The average molecular weight is 540 g/mol. The number of hydrogen-bond donors (Lipinski definition) is 1. The molecule has 0 aliphatic heterocycles. The number of hydrogen-bond acceptors (Lipinski definition) is 5. The summed E-state index contributed by atoms with van der Waals surface area (Å²) in [5.74, 6) is 0.0306. The first kappa shape index (κ1) is 24.3. The van der Waals surface area contributed by atoms with E-state index in [1.807, 2.05) is 23.9 Å². The summed E-state index contributed by atoms with van der Waals surface area (Å²) in [4.78, 5) is 35.1. The summed E-state index contributed by atoms with van der Waals surface area (Å²) in [6.45, 7) is 0. The van der Waals surface area contributed by atoms with Gasteiger partial charge in [-0.25, -0.2) is 14.4 Å². The highest BCUT2D eigenvalue weighted by Gasteiger charge is 2.18. The van der Waals surface area contributed by atoms with Crippen molar-refractivity contribution in [3.05, 3.63) is 118 Å². The van der Waals surface area contributed by atoms with Gasteiger partial charge in [0.2, 0.25) is 5.43 Å². The molecule has 6 aromatic rings. The van der Waals surface area contributed by atoms with Crippen molar-refractivity contribution in [2.45, 2.75) is 0 Å². The molecule has 0 radical (unpaired) electrons. The van der Waals surface area contributed by atoms with Gasteiger partial charge in [0.05, 0.1) is 15.8 Å². The van der Waals surface area contributed by atoms with Crippen molar-refractivity contribution in [2.24, 2.45) is 7.05 Å². The van der Waals surface area contributed by atoms with E-state index in [1.54, 1.807) is 48.7 Å². The smallest absolute Gasteiger partial charge is 0.261 e. The molecule has 2 aromatic carbocycles. The molecule has 0 spiro atoms. The van der Waals surface area contributed by atoms with Gasteiger partial charge in [-0.15, -0.1) is 0 Å². The second-order valence-corrected chi connectivity index (χ2v) is 9.18. The molecule has 0 saturated carbocycles. The van der Waals surface area contributed by atoms with Gasteiger partial charge in [0.1, 0.15) is 34.2 Å². The fourth-order valence-corrected chi connectivity index (χ4v) is 4.49. The molecule has 4 aromatic heterocycles. The first-order valence-electron chi connectivity index (χ1n) is 11.8. The molecular weight excluding hydrogens is 521 g/mol. The van der Waals surface area contributed by atoms with Gasteiger partial charge in [0.25, 0.3) is 5.91 Å². The Balaban J connectivity index is 1.30. The zero-order valence-corrected chi connectivity index (χ0v) is 21.2. The van der Waals surface area contributed by atoms with Crippen molar-refractivity contribution in [2.75, 3.05) is 5.32 Å². The van der Waals surface area contributed by atoms with Gasteiger partial charge < -0.3 is 19.2 Å². The first-order valence-corrected chi connectivity index (χ1v) is 12.2. The molecule has 8 nitrogen and oxygen atoms in total. The van der Waals surface area contributed by atoms with Crippen LogP contribution in [0.5, 0.6) is 11.5 Å². The minimum Gasteiger partial charge on any atom is -0.457 e. The number of nitrogens with one attached hydrogen (secondary N) is 1. The molecule has 10 heteroatoms. The molecule has 1 N–H and O–H groups in total. The van der Waals surface area contributed by atoms with Gasteiger partial charge in [-0.05, 0) is 66.7 Å². The molecule has 6 rings (SSSR count). The Morgan fingerprint density at radius 2 is 1.77 bits per heavy atom. The monoisotopic (exact) mass is 539 g/mol. The van der Waals surface area contributed by atoms with Gasteiger partial charge >= 0.3 is 0 Å². The number of anilines is 1. The minimum absolute atomic E-state index is 0.0941. The van der Waals surface area contributed by atoms with Crippen molar-refractivity contribution >= 4 is 45.3 Å². The van der Waals surface area contributed by atoms with Gasteiger partial charge in [-0.1, -0.05) is 11.6 Å². The van der Waals surface area contributed by atoms with E-state index in [9.17, 15) is 14.0 Å². The lowest BCUT2D eigenvalue weighted by molar-refractivity contribution is 0.102. The number of halogens is 2. The second-order valence-electron chi connectivity index (χ2n) is 8.77. The molecule has 0 aliphatic rings. The molecule has 4 heterocycles. The van der Waals surface area contributed by atoms with Crippen LogP contribution in [0.4, 0.5) is 10.1 Å². The number of carbonyl (C=O) groups excluding carboxylic acids is 1. The molecular formula is C29H19ClFN5O3. The van der Waals surface area contributed by atoms with Gasteiger partial charge in [-0.2, -0.15) is 0 Å². The van der Waals surface area contributed by atoms with E-state index in [-0.39, 0.29) is 16.0 Å². The van der Waals surface area contributed by atoms with Crippen LogP contribution in [-0.2, 0) is 7.05 Å². The van der Waals surface area contributed by atoms with E-state index >= 15 is 0 Å². The third-order valence-electron chi connectivity index (χ3n) is 6.26. The quantitative estimate of drug-likeness (QED) is 0.285. The van der Waals surface area contributed by atoms with E-state index in [2.05, 4.69) is 15.3 Å². The fourth-order valence-electron chi connectivity index (χ4n) is 4.31. The van der Waals surface area contributed by atoms with Crippen molar-refractivity contribution < 1.29 is 13.9 Å². The van der Waals surface area contributed by atoms with E-state index in [0.29, 0.717) is 28.5 Å². The van der Waals surface area contributed by atoms with E-state index in [4.69, 9.17) is 16.3 Å². The van der Waals surface area contributed by atoms with Crippen LogP contribution in [0.2, 0.25) is 5.02 Å². The predicted molar refractivity (Wildman–Crippen MR) is 147 cm³/mol. The summed E-state index contributed by atoms with van der Waals surface area (Å²) >= 11 is 5.99. The number of fused-ring (bicyclic) bond motifs is 2. The summed E-state index contributed by atoms with van der Waals surface area (Å²) in [7, 11) is 1.91. The molecule has 0 aliphatic carbocycles. The van der Waals surface area contributed by atoms with Crippen LogP contribution in [0.3, 0.4) is 0 Å². The zero-order chi connectivity index (χ0) is 27.1. The predicted octanol–water partition coefficient (Wildman–Crippen LogP) is 6.11. The average Bonchev–Trinajstić information content (AvgIpc) is 3.33. The van der Waals surface area contributed by atoms with Crippen molar-refractivity contribution in [1.29, 1.82) is 0 Å². The van der Waals surface area contributed by atoms with Crippen LogP contribution in [0.25, 0.3) is 27.8 Å². The maximum Gasteiger partial charge on any atom is 0.261 e. The summed E-state index contributed by atoms with van der Waals surface area (Å²) in [5, 5.41) is 3.78. The Morgan fingerprint density at radius 3 is 2.56 bits per heavy atom. The highest BCUT2D eigenvalue weighted by molar-refractivity contribution is 6.30. The molecule has 0 saturated heterocycles. The lowest BCUT2D eigenvalue weighted by atomic mass is 10.1. The number of ether oxygens (including phenoxy) is 1. The third kappa shape index (κ3) is 4.49. The Labute approximate surface area is 225 Å². The van der Waals surface area contributed by atoms with Crippen LogP contribution in [0.15, 0.2) is 96.3 Å². The zero-order valence-electron chi connectivity index (χ0n) is 20.4. The maximum absolute atomic E-state index is 13.8. The highest BCUT2D eigenvalue weighted by atomic mass is 35.5. The molecule has 192 valence electrons. The lowest BCUT2D eigenvalue weighted by Crippen LogP contribution is -2.24. The number of pyridine rings is 3. The Kier molecular flexibility index (Phi) is 6.05. The van der Waals surface area contributed by atoms with E-state index in [0.717, 1.165) is 11.0 Å². The van der Waals surface area contributed by atoms with Crippen LogP contribution in [-0.4, -0.2) is 25.0 Å². The van der Waals surface area contributed by atoms with E-state index < -0.39 is 17.2 Å². The third-order valence-corrected chi connectivity index (χ3v) is 6.55. The number of carbonyl (C=O) groups is 1. The Hall–Kier alpha value is -5.02. The van der Waals surface area contributed by atoms with Crippen molar-refractivity contribution in [1.82, 2.24) is 19.1 Å². The minimum atomic E-state index is -0.610. The number of aryl methyl sites for hydroxylation is 1. The lowest BCUT2D eigenvalue weighted by Gasteiger charge is -2.13. The van der Waals surface area contributed by atoms with Crippen LogP contribution < -0.4 is 15.5 Å². The van der Waals surface area contributed by atoms with Crippen molar-refractivity contribution in [3.63, 3.8) is 0 Å². The summed E-state index contributed by atoms with van der Waals surface area (Å²) in [5.41, 5.74) is 1.43.